The molecule has 0 bridgehead atoms. The Morgan fingerprint density at radius 2 is 1.82 bits per heavy atom. The van der Waals surface area contributed by atoms with Gasteiger partial charge in [0.15, 0.2) is 12.4 Å². The van der Waals surface area contributed by atoms with Crippen molar-refractivity contribution >= 4 is 6.09 Å². The summed E-state index contributed by atoms with van der Waals surface area (Å²) in [5, 5.41) is 0. The van der Waals surface area contributed by atoms with Crippen LogP contribution in [0.3, 0.4) is 0 Å². The zero-order valence-corrected chi connectivity index (χ0v) is 8.19. The van der Waals surface area contributed by atoms with E-state index >= 15 is 0 Å². The summed E-state index contributed by atoms with van der Waals surface area (Å²) < 4.78 is 5.82. The molecule has 0 atom stereocenters. The molecule has 0 saturated carbocycles. The Hall–Kier alpha value is -0.650. The topological polar surface area (TPSA) is 30.2 Å². The maximum Gasteiger partial charge on any atom is 0.601 e. The van der Waals surface area contributed by atoms with Crippen molar-refractivity contribution in [1.29, 1.82) is 0 Å². The summed E-state index contributed by atoms with van der Waals surface area (Å²) in [6, 6.07) is 5.35. The lowest BCUT2D eigenvalue weighted by molar-refractivity contribution is -0.585. The van der Waals surface area contributed by atoms with E-state index < -0.39 is 0 Å². The molecule has 0 N–H and O–H groups in total. The Kier molecular flexibility index (Phi) is 4.76. The normalized spacial score (nSPS) is 8.09. The highest BCUT2D eigenvalue weighted by atomic mass is 127. The molecular formula is C7H8INO2. The van der Waals surface area contributed by atoms with Gasteiger partial charge in [-0.3, -0.25) is 0 Å². The van der Waals surface area contributed by atoms with E-state index in [1.165, 1.54) is 11.7 Å². The minimum atomic E-state index is -0.374. The highest BCUT2D eigenvalue weighted by Crippen LogP contribution is 1.77. The molecule has 0 amide bonds. The zero-order chi connectivity index (χ0) is 7.40. The SMILES string of the molecule is COC(=O)[n+]1ccccc1.[I-]. The largest absolute Gasteiger partial charge is 1.00 e. The number of rotatable bonds is 0. The second-order valence-corrected chi connectivity index (χ2v) is 1.75. The molecule has 60 valence electrons. The van der Waals surface area contributed by atoms with Crippen molar-refractivity contribution in [2.24, 2.45) is 0 Å². The molecular weight excluding hydrogens is 257 g/mol. The van der Waals surface area contributed by atoms with E-state index in [0.29, 0.717) is 0 Å². The molecule has 0 spiro atoms. The molecule has 1 aromatic heterocycles. The molecule has 0 aliphatic heterocycles. The summed E-state index contributed by atoms with van der Waals surface area (Å²) in [5.74, 6) is 0. The number of ether oxygens (including phenoxy) is 1. The van der Waals surface area contributed by atoms with Crippen LogP contribution >= 0.6 is 0 Å². The van der Waals surface area contributed by atoms with Crippen LogP contribution in [-0.4, -0.2) is 13.2 Å². The van der Waals surface area contributed by atoms with Crippen molar-refractivity contribution in [3.63, 3.8) is 0 Å². The van der Waals surface area contributed by atoms with Gasteiger partial charge in [-0.25, -0.2) is 0 Å². The third kappa shape index (κ3) is 2.83. The van der Waals surface area contributed by atoms with Gasteiger partial charge in [0.05, 0.1) is 7.11 Å². The number of methoxy groups -OCH3 is 1. The molecule has 0 aromatic carbocycles. The molecule has 11 heavy (non-hydrogen) atoms. The third-order valence-electron chi connectivity index (χ3n) is 1.10. The van der Waals surface area contributed by atoms with E-state index in [2.05, 4.69) is 4.74 Å². The molecule has 0 radical (unpaired) electrons. The predicted octanol–water partition coefficient (Wildman–Crippen LogP) is -2.41. The Morgan fingerprint density at radius 3 is 2.27 bits per heavy atom. The van der Waals surface area contributed by atoms with Gasteiger partial charge in [-0.05, 0) is 0 Å². The quantitative estimate of drug-likeness (QED) is 0.386. The van der Waals surface area contributed by atoms with Crippen molar-refractivity contribution in [2.75, 3.05) is 7.11 Å². The summed E-state index contributed by atoms with van der Waals surface area (Å²) in [5.41, 5.74) is 0. The number of carbonyl (C=O) groups is 1. The number of pyridine rings is 1. The first-order valence-electron chi connectivity index (χ1n) is 2.89. The van der Waals surface area contributed by atoms with Gasteiger partial charge in [0, 0.05) is 12.1 Å². The Morgan fingerprint density at radius 1 is 1.27 bits per heavy atom. The molecule has 1 heterocycles. The second-order valence-electron chi connectivity index (χ2n) is 1.75. The summed E-state index contributed by atoms with van der Waals surface area (Å²) in [6.07, 6.45) is 2.89. The monoisotopic (exact) mass is 265 g/mol. The minimum Gasteiger partial charge on any atom is -1.00 e. The summed E-state index contributed by atoms with van der Waals surface area (Å²) in [7, 11) is 1.35. The first kappa shape index (κ1) is 10.3. The molecule has 0 aliphatic carbocycles. The lowest BCUT2D eigenvalue weighted by Crippen LogP contribution is -3.00. The first-order chi connectivity index (χ1) is 4.84. The lowest BCUT2D eigenvalue weighted by atomic mass is 10.5. The van der Waals surface area contributed by atoms with E-state index in [0.717, 1.165) is 0 Å². The minimum absolute atomic E-state index is 0. The van der Waals surface area contributed by atoms with Gasteiger partial charge in [0.1, 0.15) is 0 Å². The smallest absolute Gasteiger partial charge is 0.601 e. The van der Waals surface area contributed by atoms with Crippen molar-refractivity contribution in [1.82, 2.24) is 0 Å². The lowest BCUT2D eigenvalue weighted by Gasteiger charge is -1.88. The number of aromatic nitrogens is 1. The van der Waals surface area contributed by atoms with Gasteiger partial charge in [-0.1, -0.05) is 10.6 Å². The molecule has 0 fully saturated rings. The highest BCUT2D eigenvalue weighted by molar-refractivity contribution is 5.56. The Balaban J connectivity index is 0.000001000. The molecule has 0 unspecified atom stereocenters. The van der Waals surface area contributed by atoms with E-state index in [1.807, 2.05) is 6.07 Å². The summed E-state index contributed by atoms with van der Waals surface area (Å²) in [4.78, 5) is 10.8. The predicted molar refractivity (Wildman–Crippen MR) is 34.4 cm³/mol. The number of hydrogen-bond acceptors (Lipinski definition) is 2. The fraction of sp³-hybridized carbons (Fsp3) is 0.143. The highest BCUT2D eigenvalue weighted by Gasteiger charge is 2.10. The third-order valence-corrected chi connectivity index (χ3v) is 1.10. The van der Waals surface area contributed by atoms with Crippen LogP contribution in [0.25, 0.3) is 0 Å². The number of halogens is 1. The average molecular weight is 265 g/mol. The molecule has 3 nitrogen and oxygen atoms in total. The van der Waals surface area contributed by atoms with Crippen LogP contribution in [0.15, 0.2) is 30.6 Å². The van der Waals surface area contributed by atoms with Crippen LogP contribution in [0.4, 0.5) is 4.79 Å². The van der Waals surface area contributed by atoms with Crippen molar-refractivity contribution in [3.8, 4) is 0 Å². The van der Waals surface area contributed by atoms with E-state index in [-0.39, 0.29) is 30.1 Å². The van der Waals surface area contributed by atoms with Gasteiger partial charge in [-0.15, -0.1) is 0 Å². The van der Waals surface area contributed by atoms with Crippen molar-refractivity contribution in [2.45, 2.75) is 0 Å². The fourth-order valence-corrected chi connectivity index (χ4v) is 0.626. The zero-order valence-electron chi connectivity index (χ0n) is 6.03. The van der Waals surface area contributed by atoms with E-state index in [4.69, 9.17) is 0 Å². The van der Waals surface area contributed by atoms with Gasteiger partial charge in [-0.2, -0.15) is 4.79 Å². The Labute approximate surface area is 82.0 Å². The number of hydrogen-bond donors (Lipinski definition) is 0. The first-order valence-corrected chi connectivity index (χ1v) is 2.89. The van der Waals surface area contributed by atoms with Gasteiger partial charge < -0.3 is 28.7 Å². The molecule has 0 saturated heterocycles. The van der Waals surface area contributed by atoms with Crippen LogP contribution in [0, 0.1) is 0 Å². The standard InChI is InChI=1S/C7H8NO2.HI/c1-10-7(9)8-5-3-2-4-6-8;/h2-6H,1H3;1H/q+1;/p-1. The number of carbonyl (C=O) groups excluding carboxylic acids is 1. The van der Waals surface area contributed by atoms with E-state index in [9.17, 15) is 4.79 Å². The second kappa shape index (κ2) is 5.06. The van der Waals surface area contributed by atoms with Crippen LogP contribution in [0.2, 0.25) is 0 Å². The van der Waals surface area contributed by atoms with Gasteiger partial charge >= 0.3 is 6.09 Å². The maximum atomic E-state index is 10.8. The summed E-state index contributed by atoms with van der Waals surface area (Å²) in [6.45, 7) is 0. The average Bonchev–Trinajstić information content (AvgIpc) is 2.05. The molecule has 4 heteroatoms. The van der Waals surface area contributed by atoms with Crippen LogP contribution in [-0.2, 0) is 4.74 Å². The van der Waals surface area contributed by atoms with Gasteiger partial charge in [0.25, 0.3) is 0 Å². The van der Waals surface area contributed by atoms with Crippen LogP contribution in [0.1, 0.15) is 0 Å². The van der Waals surface area contributed by atoms with Crippen LogP contribution < -0.4 is 28.5 Å². The van der Waals surface area contributed by atoms with E-state index in [1.54, 1.807) is 24.5 Å². The van der Waals surface area contributed by atoms with Crippen molar-refractivity contribution < 1.29 is 38.1 Å². The summed E-state index contributed by atoms with van der Waals surface area (Å²) >= 11 is 0. The number of nitrogens with zero attached hydrogens (tertiary/aromatic N) is 1. The van der Waals surface area contributed by atoms with Crippen molar-refractivity contribution in [3.05, 3.63) is 30.6 Å². The molecule has 1 aromatic rings. The van der Waals surface area contributed by atoms with Crippen LogP contribution in [0.5, 0.6) is 0 Å². The molecule has 1 rings (SSSR count). The fourth-order valence-electron chi connectivity index (χ4n) is 0.626. The Bertz CT molecular complexity index is 225. The maximum absolute atomic E-state index is 10.8. The molecule has 0 aliphatic rings. The van der Waals surface area contributed by atoms with Gasteiger partial charge in [0.2, 0.25) is 0 Å².